The molecular weight excluding hydrogens is 266 g/mol. The number of fused-ring (bicyclic) bond motifs is 1. The number of nitrogen functional groups attached to an aromatic ring is 1. The molecule has 1 aliphatic heterocycles. The number of aliphatic hydroxyl groups excluding tert-OH is 1. The van der Waals surface area contributed by atoms with E-state index in [1.165, 1.54) is 6.33 Å². The summed E-state index contributed by atoms with van der Waals surface area (Å²) in [5, 5.41) is 9.73. The number of nitrogens with zero attached hydrogens (tertiary/aromatic N) is 4. The number of nitrogens with two attached hydrogens (primary N) is 1. The van der Waals surface area contributed by atoms with E-state index in [4.69, 9.17) is 10.5 Å². The number of hydrogen-bond donors (Lipinski definition) is 3. The number of aromatic nitrogens is 4. The largest absolute Gasteiger partial charge is 0.389 e. The molecule has 3 N–H and O–H groups in total. The van der Waals surface area contributed by atoms with Gasteiger partial charge in [-0.3, -0.25) is 4.57 Å². The van der Waals surface area contributed by atoms with Crippen LogP contribution in [-0.4, -0.2) is 42.1 Å². The highest BCUT2D eigenvalue weighted by Gasteiger charge is 2.42. The maximum absolute atomic E-state index is 10.1. The summed E-state index contributed by atoms with van der Waals surface area (Å²) in [4.78, 5) is 12.3. The highest BCUT2D eigenvalue weighted by molar-refractivity contribution is 7.81. The Morgan fingerprint density at radius 3 is 2.95 bits per heavy atom. The predicted octanol–water partition coefficient (Wildman–Crippen LogP) is 0.375. The minimum absolute atomic E-state index is 0.232. The van der Waals surface area contributed by atoms with Gasteiger partial charge in [-0.2, -0.15) is 12.6 Å². The van der Waals surface area contributed by atoms with E-state index in [-0.39, 0.29) is 11.4 Å². The number of hydrogen-bond acceptors (Lipinski definition) is 7. The molecule has 1 aliphatic rings. The Bertz CT molecular complexity index is 604. The maximum atomic E-state index is 10.1. The first-order valence-electron chi connectivity index (χ1n) is 6.08. The van der Waals surface area contributed by atoms with Gasteiger partial charge in [0.05, 0.1) is 23.8 Å². The summed E-state index contributed by atoms with van der Waals surface area (Å²) in [6, 6.07) is 0. The highest BCUT2D eigenvalue weighted by Crippen LogP contribution is 2.35. The van der Waals surface area contributed by atoms with E-state index in [1.54, 1.807) is 10.9 Å². The van der Waals surface area contributed by atoms with Crippen LogP contribution in [0.4, 0.5) is 5.82 Å². The van der Waals surface area contributed by atoms with E-state index in [9.17, 15) is 5.11 Å². The molecule has 0 spiro atoms. The molecule has 0 saturated carbocycles. The lowest BCUT2D eigenvalue weighted by Gasteiger charge is -2.16. The molecule has 2 aromatic heterocycles. The normalized spacial score (nSPS) is 31.1. The van der Waals surface area contributed by atoms with E-state index in [0.717, 1.165) is 6.42 Å². The lowest BCUT2D eigenvalue weighted by atomic mass is 10.1. The van der Waals surface area contributed by atoms with Gasteiger partial charge in [-0.15, -0.1) is 0 Å². The first kappa shape index (κ1) is 12.6. The third kappa shape index (κ3) is 1.87. The zero-order chi connectivity index (χ0) is 13.6. The lowest BCUT2D eigenvalue weighted by molar-refractivity contribution is -0.0180. The van der Waals surface area contributed by atoms with Gasteiger partial charge in [0.25, 0.3) is 0 Å². The van der Waals surface area contributed by atoms with Crippen molar-refractivity contribution >= 4 is 29.6 Å². The van der Waals surface area contributed by atoms with Gasteiger partial charge in [0.15, 0.2) is 17.7 Å². The molecule has 4 atom stereocenters. The minimum Gasteiger partial charge on any atom is -0.389 e. The zero-order valence-corrected chi connectivity index (χ0v) is 11.2. The van der Waals surface area contributed by atoms with Crippen LogP contribution in [0.2, 0.25) is 0 Å². The average Bonchev–Trinajstić information content (AvgIpc) is 2.94. The first-order chi connectivity index (χ1) is 9.13. The van der Waals surface area contributed by atoms with E-state index in [1.807, 2.05) is 6.92 Å². The topological polar surface area (TPSA) is 99.1 Å². The van der Waals surface area contributed by atoms with Gasteiger partial charge in [-0.1, -0.05) is 6.92 Å². The monoisotopic (exact) mass is 281 g/mol. The fourth-order valence-electron chi connectivity index (χ4n) is 2.35. The Labute approximate surface area is 115 Å². The molecule has 0 unspecified atom stereocenters. The second-order valence-corrected chi connectivity index (χ2v) is 5.13. The molecule has 8 heteroatoms. The second-order valence-electron chi connectivity index (χ2n) is 4.54. The molecule has 3 rings (SSSR count). The number of aliphatic hydroxyl groups is 1. The van der Waals surface area contributed by atoms with Crippen molar-refractivity contribution in [2.45, 2.75) is 37.0 Å². The second kappa shape index (κ2) is 4.62. The van der Waals surface area contributed by atoms with Crippen LogP contribution < -0.4 is 5.73 Å². The molecule has 0 aromatic carbocycles. The van der Waals surface area contributed by atoms with E-state index < -0.39 is 12.3 Å². The third-order valence-corrected chi connectivity index (χ3v) is 3.96. The fourth-order valence-corrected chi connectivity index (χ4v) is 2.76. The van der Waals surface area contributed by atoms with Crippen LogP contribution in [0.1, 0.15) is 19.6 Å². The summed E-state index contributed by atoms with van der Waals surface area (Å²) in [6.07, 6.45) is 2.43. The predicted molar refractivity (Wildman–Crippen MR) is 72.7 cm³/mol. The summed E-state index contributed by atoms with van der Waals surface area (Å²) >= 11 is 4.44. The zero-order valence-electron chi connectivity index (χ0n) is 10.3. The Balaban J connectivity index is 2.04. The molecule has 1 fully saturated rings. The number of thiol groups is 1. The Morgan fingerprint density at radius 2 is 2.26 bits per heavy atom. The van der Waals surface area contributed by atoms with Crippen LogP contribution in [-0.2, 0) is 4.74 Å². The van der Waals surface area contributed by atoms with Crippen LogP contribution in [0.15, 0.2) is 12.7 Å². The quantitative estimate of drug-likeness (QED) is 0.688. The molecule has 7 nitrogen and oxygen atoms in total. The number of rotatable bonds is 2. The molecule has 0 aliphatic carbocycles. The summed E-state index contributed by atoms with van der Waals surface area (Å²) in [7, 11) is 0. The molecule has 0 bridgehead atoms. The Kier molecular flexibility index (Phi) is 3.08. The lowest BCUT2D eigenvalue weighted by Crippen LogP contribution is -2.27. The number of imidazole rings is 1. The van der Waals surface area contributed by atoms with Crippen LogP contribution in [0.5, 0.6) is 0 Å². The van der Waals surface area contributed by atoms with Crippen LogP contribution in [0.3, 0.4) is 0 Å². The van der Waals surface area contributed by atoms with Crippen LogP contribution in [0.25, 0.3) is 11.2 Å². The molecule has 3 heterocycles. The third-order valence-electron chi connectivity index (χ3n) is 3.40. The SMILES string of the molecule is CC[C@H]1O[C@@H](n2cnc3c(N)ncnc32)[C@H](S)[C@@H]1O. The van der Waals surface area contributed by atoms with Gasteiger partial charge >= 0.3 is 0 Å². The molecule has 19 heavy (non-hydrogen) atoms. The van der Waals surface area contributed by atoms with Crippen LogP contribution in [0, 0.1) is 0 Å². The first-order valence-corrected chi connectivity index (χ1v) is 6.59. The van der Waals surface area contributed by atoms with Crippen molar-refractivity contribution in [1.29, 1.82) is 0 Å². The van der Waals surface area contributed by atoms with Gasteiger partial charge < -0.3 is 15.6 Å². The van der Waals surface area contributed by atoms with Gasteiger partial charge in [-0.25, -0.2) is 15.0 Å². The average molecular weight is 281 g/mol. The summed E-state index contributed by atoms with van der Waals surface area (Å²) in [6.45, 7) is 1.96. The molecule has 0 amide bonds. The number of ether oxygens (including phenoxy) is 1. The van der Waals surface area contributed by atoms with Crippen LogP contribution >= 0.6 is 12.6 Å². The Morgan fingerprint density at radius 1 is 1.47 bits per heavy atom. The molecule has 1 saturated heterocycles. The van der Waals surface area contributed by atoms with Crippen molar-refractivity contribution in [2.24, 2.45) is 0 Å². The summed E-state index contributed by atoms with van der Waals surface area (Å²) < 4.78 is 7.56. The smallest absolute Gasteiger partial charge is 0.167 e. The summed E-state index contributed by atoms with van der Waals surface area (Å²) in [5.74, 6) is 0.324. The van der Waals surface area contributed by atoms with E-state index in [2.05, 4.69) is 27.6 Å². The van der Waals surface area contributed by atoms with Gasteiger partial charge in [0.2, 0.25) is 0 Å². The summed E-state index contributed by atoms with van der Waals surface area (Å²) in [5.41, 5.74) is 6.86. The van der Waals surface area contributed by atoms with Crippen molar-refractivity contribution < 1.29 is 9.84 Å². The minimum atomic E-state index is -0.616. The standard InChI is InChI=1S/C11H15N5O2S/c1-2-5-7(17)8(19)11(18-5)16-4-15-6-9(12)13-3-14-10(6)16/h3-5,7-8,11,17,19H,2H2,1H3,(H2,12,13,14)/t5-,7-,8-,11-/m1/s1. The van der Waals surface area contributed by atoms with Crippen molar-refractivity contribution in [3.8, 4) is 0 Å². The molecule has 0 radical (unpaired) electrons. The maximum Gasteiger partial charge on any atom is 0.167 e. The van der Waals surface area contributed by atoms with Gasteiger partial charge in [0.1, 0.15) is 11.8 Å². The Hall–Kier alpha value is -1.38. The molecule has 102 valence electrons. The molecule has 2 aromatic rings. The van der Waals surface area contributed by atoms with Gasteiger partial charge in [0, 0.05) is 0 Å². The molecular formula is C11H15N5O2S. The fraction of sp³-hybridized carbons (Fsp3) is 0.545. The van der Waals surface area contributed by atoms with Crippen molar-refractivity contribution in [3.63, 3.8) is 0 Å². The van der Waals surface area contributed by atoms with E-state index >= 15 is 0 Å². The highest BCUT2D eigenvalue weighted by atomic mass is 32.1. The van der Waals surface area contributed by atoms with E-state index in [0.29, 0.717) is 17.0 Å². The van der Waals surface area contributed by atoms with Crippen molar-refractivity contribution in [1.82, 2.24) is 19.5 Å². The van der Waals surface area contributed by atoms with Gasteiger partial charge in [-0.05, 0) is 6.42 Å². The van der Waals surface area contributed by atoms with Crippen molar-refractivity contribution in [2.75, 3.05) is 5.73 Å². The van der Waals surface area contributed by atoms with Crippen molar-refractivity contribution in [3.05, 3.63) is 12.7 Å². The number of anilines is 1.